The van der Waals surface area contributed by atoms with Crippen molar-refractivity contribution in [3.05, 3.63) is 34.9 Å². The van der Waals surface area contributed by atoms with Gasteiger partial charge in [-0.15, -0.1) is 23.2 Å². The number of halogens is 3. The van der Waals surface area contributed by atoms with E-state index < -0.39 is 0 Å². The fraction of sp³-hybridized carbons (Fsp3) is 0.400. The van der Waals surface area contributed by atoms with E-state index in [0.29, 0.717) is 11.8 Å². The van der Waals surface area contributed by atoms with E-state index in [0.717, 1.165) is 10.6 Å². The van der Waals surface area contributed by atoms with Gasteiger partial charge in [-0.05, 0) is 17.7 Å². The zero-order valence-corrected chi connectivity index (χ0v) is 9.63. The van der Waals surface area contributed by atoms with Gasteiger partial charge in [0.1, 0.15) is 0 Å². The highest BCUT2D eigenvalue weighted by Gasteiger charge is 2.24. The quantitative estimate of drug-likeness (QED) is 0.695. The van der Waals surface area contributed by atoms with E-state index in [-0.39, 0.29) is 5.41 Å². The Morgan fingerprint density at radius 3 is 2.31 bits per heavy atom. The Morgan fingerprint density at radius 1 is 1.23 bits per heavy atom. The molecule has 3 heteroatoms. The first kappa shape index (κ1) is 11.2. The van der Waals surface area contributed by atoms with Gasteiger partial charge in [0.05, 0.1) is 0 Å². The molecule has 0 aliphatic heterocycles. The number of rotatable bonds is 3. The van der Waals surface area contributed by atoms with Crippen LogP contribution in [0, 0.1) is 0 Å². The first-order valence-corrected chi connectivity index (χ1v) is 5.45. The van der Waals surface area contributed by atoms with Crippen LogP contribution in [0.2, 0.25) is 5.02 Å². The maximum atomic E-state index is 5.88. The van der Waals surface area contributed by atoms with Crippen molar-refractivity contribution in [3.8, 4) is 0 Å². The van der Waals surface area contributed by atoms with E-state index in [2.05, 4.69) is 0 Å². The Kier molecular flexibility index (Phi) is 3.90. The zero-order valence-electron chi connectivity index (χ0n) is 7.36. The third kappa shape index (κ3) is 2.52. The fourth-order valence-corrected chi connectivity index (χ4v) is 1.84. The summed E-state index contributed by atoms with van der Waals surface area (Å²) < 4.78 is 0. The SMILES string of the molecule is CC(CCl)(CCl)c1cccc(Cl)c1. The highest BCUT2D eigenvalue weighted by atomic mass is 35.5. The topological polar surface area (TPSA) is 0 Å². The van der Waals surface area contributed by atoms with E-state index >= 15 is 0 Å². The van der Waals surface area contributed by atoms with Crippen LogP contribution >= 0.6 is 34.8 Å². The minimum absolute atomic E-state index is 0.186. The van der Waals surface area contributed by atoms with Crippen molar-refractivity contribution in [1.82, 2.24) is 0 Å². The summed E-state index contributed by atoms with van der Waals surface area (Å²) >= 11 is 17.6. The van der Waals surface area contributed by atoms with Gasteiger partial charge in [-0.1, -0.05) is 30.7 Å². The molecule has 1 aromatic carbocycles. The van der Waals surface area contributed by atoms with Crippen molar-refractivity contribution in [3.63, 3.8) is 0 Å². The van der Waals surface area contributed by atoms with Crippen LogP contribution in [0.4, 0.5) is 0 Å². The molecule has 0 aliphatic rings. The van der Waals surface area contributed by atoms with Crippen LogP contribution in [0.15, 0.2) is 24.3 Å². The first-order chi connectivity index (χ1) is 6.12. The molecular formula is C10H11Cl3. The molecule has 0 aliphatic carbocycles. The number of hydrogen-bond acceptors (Lipinski definition) is 0. The summed E-state index contributed by atoms with van der Waals surface area (Å²) in [6.45, 7) is 2.03. The summed E-state index contributed by atoms with van der Waals surface area (Å²) in [4.78, 5) is 0. The van der Waals surface area contributed by atoms with E-state index in [1.807, 2.05) is 31.2 Å². The van der Waals surface area contributed by atoms with Crippen LogP contribution in [0.1, 0.15) is 12.5 Å². The number of alkyl halides is 2. The molecule has 1 aromatic rings. The zero-order chi connectivity index (χ0) is 9.90. The molecule has 0 nitrogen and oxygen atoms in total. The summed E-state index contributed by atoms with van der Waals surface area (Å²) in [5.74, 6) is 0.994. The number of hydrogen-bond donors (Lipinski definition) is 0. The minimum atomic E-state index is -0.186. The molecule has 0 N–H and O–H groups in total. The summed E-state index contributed by atoms with van der Waals surface area (Å²) in [6.07, 6.45) is 0. The standard InChI is InChI=1S/C10H11Cl3/c1-10(6-11,7-12)8-3-2-4-9(13)5-8/h2-5H,6-7H2,1H3. The third-order valence-corrected chi connectivity index (χ3v) is 3.53. The van der Waals surface area contributed by atoms with E-state index in [1.54, 1.807) is 0 Å². The second-order valence-corrected chi connectivity index (χ2v) is 4.31. The molecule has 72 valence electrons. The van der Waals surface area contributed by atoms with Crippen molar-refractivity contribution in [2.75, 3.05) is 11.8 Å². The Balaban J connectivity index is 3.05. The molecule has 0 bridgehead atoms. The van der Waals surface area contributed by atoms with E-state index in [4.69, 9.17) is 34.8 Å². The minimum Gasteiger partial charge on any atom is -0.126 e. The van der Waals surface area contributed by atoms with E-state index in [9.17, 15) is 0 Å². The predicted molar refractivity (Wildman–Crippen MR) is 60.2 cm³/mol. The molecule has 0 atom stereocenters. The Hall–Kier alpha value is 0.0900. The lowest BCUT2D eigenvalue weighted by molar-refractivity contribution is 0.606. The molecule has 1 rings (SSSR count). The molecule has 0 unspecified atom stereocenters. The normalized spacial score (nSPS) is 11.7. The van der Waals surface area contributed by atoms with Crippen LogP contribution in [0.25, 0.3) is 0 Å². The lowest BCUT2D eigenvalue weighted by atomic mass is 9.87. The average Bonchev–Trinajstić information content (AvgIpc) is 2.17. The molecule has 0 heterocycles. The highest BCUT2D eigenvalue weighted by molar-refractivity contribution is 6.30. The lowest BCUT2D eigenvalue weighted by Crippen LogP contribution is -2.26. The van der Waals surface area contributed by atoms with Crippen molar-refractivity contribution in [1.29, 1.82) is 0 Å². The molecule has 0 aromatic heterocycles. The molecule has 0 spiro atoms. The first-order valence-electron chi connectivity index (χ1n) is 4.00. The monoisotopic (exact) mass is 236 g/mol. The van der Waals surface area contributed by atoms with Crippen molar-refractivity contribution in [2.24, 2.45) is 0 Å². The second kappa shape index (κ2) is 4.54. The van der Waals surface area contributed by atoms with Crippen LogP contribution < -0.4 is 0 Å². The maximum absolute atomic E-state index is 5.88. The fourth-order valence-electron chi connectivity index (χ4n) is 1.05. The number of benzene rings is 1. The lowest BCUT2D eigenvalue weighted by Gasteiger charge is -2.24. The molecule has 13 heavy (non-hydrogen) atoms. The Bertz CT molecular complexity index is 279. The molecule has 0 fully saturated rings. The van der Waals surface area contributed by atoms with Gasteiger partial charge >= 0.3 is 0 Å². The van der Waals surface area contributed by atoms with E-state index in [1.165, 1.54) is 0 Å². The van der Waals surface area contributed by atoms with Crippen molar-refractivity contribution in [2.45, 2.75) is 12.3 Å². The van der Waals surface area contributed by atoms with Gasteiger partial charge in [0.2, 0.25) is 0 Å². The third-order valence-electron chi connectivity index (χ3n) is 2.11. The van der Waals surface area contributed by atoms with Gasteiger partial charge in [-0.25, -0.2) is 0 Å². The van der Waals surface area contributed by atoms with Gasteiger partial charge in [-0.2, -0.15) is 0 Å². The largest absolute Gasteiger partial charge is 0.126 e. The summed E-state index contributed by atoms with van der Waals surface area (Å²) in [6, 6.07) is 7.66. The Morgan fingerprint density at radius 2 is 1.85 bits per heavy atom. The Labute approximate surface area is 93.8 Å². The molecular weight excluding hydrogens is 226 g/mol. The van der Waals surface area contributed by atoms with Gasteiger partial charge in [0.25, 0.3) is 0 Å². The molecule has 0 saturated carbocycles. The molecule has 0 radical (unpaired) electrons. The second-order valence-electron chi connectivity index (χ2n) is 3.34. The van der Waals surface area contributed by atoms with Crippen molar-refractivity contribution < 1.29 is 0 Å². The summed E-state index contributed by atoms with van der Waals surface area (Å²) in [7, 11) is 0. The predicted octanol–water partition coefficient (Wildman–Crippen LogP) is 4.08. The van der Waals surface area contributed by atoms with Crippen LogP contribution in [-0.4, -0.2) is 11.8 Å². The van der Waals surface area contributed by atoms with Crippen LogP contribution in [0.5, 0.6) is 0 Å². The van der Waals surface area contributed by atoms with Crippen molar-refractivity contribution >= 4 is 34.8 Å². The average molecular weight is 238 g/mol. The smallest absolute Gasteiger partial charge is 0.0408 e. The van der Waals surface area contributed by atoms with Gasteiger partial charge < -0.3 is 0 Å². The van der Waals surface area contributed by atoms with Gasteiger partial charge in [-0.3, -0.25) is 0 Å². The van der Waals surface area contributed by atoms with Gasteiger partial charge in [0.15, 0.2) is 0 Å². The highest BCUT2D eigenvalue weighted by Crippen LogP contribution is 2.28. The van der Waals surface area contributed by atoms with Crippen LogP contribution in [0.3, 0.4) is 0 Å². The van der Waals surface area contributed by atoms with Gasteiger partial charge in [0, 0.05) is 22.2 Å². The maximum Gasteiger partial charge on any atom is 0.0408 e. The summed E-state index contributed by atoms with van der Waals surface area (Å²) in [5, 5.41) is 0.721. The molecule has 0 saturated heterocycles. The summed E-state index contributed by atoms with van der Waals surface area (Å²) in [5.41, 5.74) is 0.901. The molecule has 0 amide bonds. The van der Waals surface area contributed by atoms with Crippen LogP contribution in [-0.2, 0) is 5.41 Å².